The van der Waals surface area contributed by atoms with E-state index in [1.54, 1.807) is 18.6 Å². The minimum Gasteiger partial charge on any atom is -0.497 e. The van der Waals surface area contributed by atoms with Gasteiger partial charge in [-0.25, -0.2) is 4.98 Å². The summed E-state index contributed by atoms with van der Waals surface area (Å²) in [5, 5.41) is 14.8. The lowest BCUT2D eigenvalue weighted by molar-refractivity contribution is -0.107. The van der Waals surface area contributed by atoms with Gasteiger partial charge in [-0.1, -0.05) is 0 Å². The highest BCUT2D eigenvalue weighted by Gasteiger charge is 2.28. The molecule has 0 saturated heterocycles. The standard InChI is InChI=1S/C25H30N4O4/c1-15(31)18-12-23-24-21(14-29(23)25(32)17(18)5-3-10-30)20(13-27-9-4-8-26)19-11-16(33-2)6-7-22(19)28-24/h6-7,10-12,15,27,31H,3-5,8-9,13-14,26H2,1-2H3. The lowest BCUT2D eigenvalue weighted by atomic mass is 9.98. The SMILES string of the molecule is COc1ccc2nc3c(c(CNCCCN)c2c1)Cn1c-3cc(C(C)O)c(CCC=O)c1=O. The number of aldehydes is 1. The van der Waals surface area contributed by atoms with Gasteiger partial charge < -0.3 is 30.3 Å². The smallest absolute Gasteiger partial charge is 0.254 e. The summed E-state index contributed by atoms with van der Waals surface area (Å²) in [6.07, 6.45) is 1.38. The average Bonchev–Trinajstić information content (AvgIpc) is 3.18. The molecule has 3 heterocycles. The molecule has 1 aliphatic heterocycles. The predicted octanol–water partition coefficient (Wildman–Crippen LogP) is 2.06. The molecule has 0 bridgehead atoms. The minimum atomic E-state index is -0.823. The highest BCUT2D eigenvalue weighted by atomic mass is 16.5. The maximum absolute atomic E-state index is 13.4. The normalized spacial score (nSPS) is 13.1. The van der Waals surface area contributed by atoms with Crippen molar-refractivity contribution in [2.45, 2.75) is 45.4 Å². The Balaban J connectivity index is 1.90. The van der Waals surface area contributed by atoms with E-state index in [0.717, 1.165) is 52.7 Å². The number of fused-ring (bicyclic) bond motifs is 4. The maximum Gasteiger partial charge on any atom is 0.254 e. The molecule has 1 aliphatic rings. The third-order valence-electron chi connectivity index (χ3n) is 6.23. The summed E-state index contributed by atoms with van der Waals surface area (Å²) in [5.41, 5.74) is 10.8. The first-order valence-electron chi connectivity index (χ1n) is 11.3. The van der Waals surface area contributed by atoms with Crippen molar-refractivity contribution in [2.24, 2.45) is 5.73 Å². The van der Waals surface area contributed by atoms with Crippen LogP contribution in [-0.2, 0) is 24.3 Å². The van der Waals surface area contributed by atoms with Crippen LogP contribution in [0.25, 0.3) is 22.3 Å². The Bertz CT molecular complexity index is 1250. The Labute approximate surface area is 192 Å². The van der Waals surface area contributed by atoms with Gasteiger partial charge in [0.1, 0.15) is 12.0 Å². The zero-order chi connectivity index (χ0) is 23.5. The molecule has 0 spiro atoms. The molecule has 1 atom stereocenters. The third kappa shape index (κ3) is 4.29. The zero-order valence-electron chi connectivity index (χ0n) is 19.1. The number of ether oxygens (including phenoxy) is 1. The Morgan fingerprint density at radius 2 is 2.15 bits per heavy atom. The van der Waals surface area contributed by atoms with E-state index in [2.05, 4.69) is 5.32 Å². The number of rotatable bonds is 10. The lowest BCUT2D eigenvalue weighted by Gasteiger charge is -2.15. The van der Waals surface area contributed by atoms with Crippen LogP contribution in [0, 0.1) is 0 Å². The highest BCUT2D eigenvalue weighted by Crippen LogP contribution is 2.37. The van der Waals surface area contributed by atoms with E-state index in [1.807, 2.05) is 24.3 Å². The molecule has 0 radical (unpaired) electrons. The van der Waals surface area contributed by atoms with Crippen LogP contribution in [-0.4, -0.2) is 41.1 Å². The Hall–Kier alpha value is -3.07. The van der Waals surface area contributed by atoms with E-state index in [1.165, 1.54) is 0 Å². The van der Waals surface area contributed by atoms with Gasteiger partial charge in [0, 0.05) is 29.5 Å². The Kier molecular flexibility index (Phi) is 6.88. The van der Waals surface area contributed by atoms with Crippen LogP contribution in [0.4, 0.5) is 0 Å². The van der Waals surface area contributed by atoms with Crippen LogP contribution < -0.4 is 21.3 Å². The van der Waals surface area contributed by atoms with Gasteiger partial charge >= 0.3 is 0 Å². The molecule has 0 fully saturated rings. The number of benzene rings is 1. The maximum atomic E-state index is 13.4. The van der Waals surface area contributed by atoms with Crippen molar-refractivity contribution < 1.29 is 14.6 Å². The molecule has 33 heavy (non-hydrogen) atoms. The van der Waals surface area contributed by atoms with Crippen molar-refractivity contribution in [1.82, 2.24) is 14.9 Å². The number of aliphatic hydroxyl groups is 1. The molecule has 3 aromatic rings. The number of hydrogen-bond donors (Lipinski definition) is 3. The molecule has 0 saturated carbocycles. The first-order chi connectivity index (χ1) is 16.0. The van der Waals surface area contributed by atoms with E-state index >= 15 is 0 Å². The fraction of sp³-hybridized carbons (Fsp3) is 0.400. The van der Waals surface area contributed by atoms with Crippen LogP contribution >= 0.6 is 0 Å². The molecule has 8 heteroatoms. The fourth-order valence-corrected chi connectivity index (χ4v) is 4.55. The van der Waals surface area contributed by atoms with E-state index in [4.69, 9.17) is 15.5 Å². The van der Waals surface area contributed by atoms with Crippen molar-refractivity contribution in [2.75, 3.05) is 20.2 Å². The van der Waals surface area contributed by atoms with Gasteiger partial charge in [-0.15, -0.1) is 0 Å². The molecule has 1 unspecified atom stereocenters. The van der Waals surface area contributed by atoms with Gasteiger partial charge in [0.15, 0.2) is 0 Å². The first-order valence-corrected chi connectivity index (χ1v) is 11.3. The lowest BCUT2D eigenvalue weighted by Crippen LogP contribution is -2.26. The number of carbonyl (C=O) groups excluding carboxylic acids is 1. The second-order valence-corrected chi connectivity index (χ2v) is 8.36. The van der Waals surface area contributed by atoms with Gasteiger partial charge in [0.2, 0.25) is 0 Å². The van der Waals surface area contributed by atoms with Gasteiger partial charge in [-0.05, 0) is 68.2 Å². The summed E-state index contributed by atoms with van der Waals surface area (Å²) in [4.78, 5) is 29.3. The second kappa shape index (κ2) is 9.82. The Morgan fingerprint density at radius 1 is 1.33 bits per heavy atom. The number of methoxy groups -OCH3 is 1. The summed E-state index contributed by atoms with van der Waals surface area (Å²) in [6.45, 7) is 4.04. The molecule has 0 aliphatic carbocycles. The summed E-state index contributed by atoms with van der Waals surface area (Å²) < 4.78 is 7.15. The first kappa shape index (κ1) is 23.1. The van der Waals surface area contributed by atoms with Crippen molar-refractivity contribution in [1.29, 1.82) is 0 Å². The number of pyridine rings is 2. The summed E-state index contributed by atoms with van der Waals surface area (Å²) in [6, 6.07) is 7.63. The predicted molar refractivity (Wildman–Crippen MR) is 127 cm³/mol. The molecule has 4 rings (SSSR count). The van der Waals surface area contributed by atoms with Gasteiger partial charge in [0.05, 0.1) is 36.7 Å². The van der Waals surface area contributed by atoms with E-state index in [0.29, 0.717) is 42.9 Å². The Morgan fingerprint density at radius 3 is 2.85 bits per heavy atom. The molecule has 0 amide bonds. The highest BCUT2D eigenvalue weighted by molar-refractivity contribution is 5.89. The van der Waals surface area contributed by atoms with Crippen LogP contribution in [0.15, 0.2) is 29.1 Å². The van der Waals surface area contributed by atoms with Crippen LogP contribution in [0.1, 0.15) is 48.1 Å². The molecule has 174 valence electrons. The van der Waals surface area contributed by atoms with E-state index in [9.17, 15) is 14.7 Å². The molecule has 8 nitrogen and oxygen atoms in total. The van der Waals surface area contributed by atoms with Crippen LogP contribution in [0.3, 0.4) is 0 Å². The van der Waals surface area contributed by atoms with Crippen molar-refractivity contribution >= 4 is 17.2 Å². The zero-order valence-corrected chi connectivity index (χ0v) is 19.1. The average molecular weight is 451 g/mol. The topological polar surface area (TPSA) is 119 Å². The monoisotopic (exact) mass is 450 g/mol. The van der Waals surface area contributed by atoms with Gasteiger partial charge in [-0.2, -0.15) is 0 Å². The van der Waals surface area contributed by atoms with E-state index in [-0.39, 0.29) is 12.0 Å². The van der Waals surface area contributed by atoms with Crippen molar-refractivity contribution in [3.05, 3.63) is 56.9 Å². The largest absolute Gasteiger partial charge is 0.497 e. The summed E-state index contributed by atoms with van der Waals surface area (Å²) >= 11 is 0. The van der Waals surface area contributed by atoms with Crippen LogP contribution in [0.5, 0.6) is 5.75 Å². The van der Waals surface area contributed by atoms with Gasteiger partial charge in [-0.3, -0.25) is 4.79 Å². The van der Waals surface area contributed by atoms with Crippen molar-refractivity contribution in [3.63, 3.8) is 0 Å². The number of aliphatic hydroxyl groups excluding tert-OH is 1. The number of nitrogens with one attached hydrogen (secondary N) is 1. The number of nitrogens with zero attached hydrogens (tertiary/aromatic N) is 2. The summed E-state index contributed by atoms with van der Waals surface area (Å²) in [7, 11) is 1.63. The number of aromatic nitrogens is 2. The number of nitrogens with two attached hydrogens (primary N) is 1. The van der Waals surface area contributed by atoms with Crippen LogP contribution in [0.2, 0.25) is 0 Å². The van der Waals surface area contributed by atoms with E-state index < -0.39 is 6.10 Å². The summed E-state index contributed by atoms with van der Waals surface area (Å²) in [5.74, 6) is 0.743. The molecular formula is C25H30N4O4. The third-order valence-corrected chi connectivity index (χ3v) is 6.23. The quantitative estimate of drug-likeness (QED) is 0.250. The minimum absolute atomic E-state index is 0.174. The molecule has 2 aromatic heterocycles. The molecular weight excluding hydrogens is 420 g/mol. The van der Waals surface area contributed by atoms with Crippen molar-refractivity contribution in [3.8, 4) is 17.1 Å². The number of hydrogen-bond acceptors (Lipinski definition) is 7. The molecule has 4 N–H and O–H groups in total. The van der Waals surface area contributed by atoms with Gasteiger partial charge in [0.25, 0.3) is 5.56 Å². The molecule has 1 aromatic carbocycles. The number of carbonyl (C=O) groups is 1. The fourth-order valence-electron chi connectivity index (χ4n) is 4.55. The second-order valence-electron chi connectivity index (χ2n) is 8.36.